The summed E-state index contributed by atoms with van der Waals surface area (Å²) in [7, 11) is 0. The van der Waals surface area contributed by atoms with E-state index >= 15 is 0 Å². The topological polar surface area (TPSA) is 54.1 Å². The lowest BCUT2D eigenvalue weighted by atomic mass is 9.90. The molecule has 24 heavy (non-hydrogen) atoms. The van der Waals surface area contributed by atoms with Crippen molar-refractivity contribution in [1.29, 1.82) is 0 Å². The molecule has 0 amide bonds. The van der Waals surface area contributed by atoms with Gasteiger partial charge in [0.05, 0.1) is 12.6 Å². The zero-order valence-corrected chi connectivity index (χ0v) is 13.6. The second-order valence-corrected chi connectivity index (χ2v) is 6.08. The van der Waals surface area contributed by atoms with Crippen LogP contribution in [0.15, 0.2) is 54.6 Å². The van der Waals surface area contributed by atoms with Crippen LogP contribution in [0.2, 0.25) is 0 Å². The molecule has 0 unspecified atom stereocenters. The molecule has 0 bridgehead atoms. The number of fused-ring (bicyclic) bond motifs is 3. The molecule has 4 heteroatoms. The van der Waals surface area contributed by atoms with E-state index in [1.165, 1.54) is 10.9 Å². The maximum absolute atomic E-state index is 12.3. The molecule has 0 spiro atoms. The van der Waals surface area contributed by atoms with Crippen LogP contribution in [0.5, 0.6) is 0 Å². The SMILES string of the molecule is CCOC(=O)[C@@H]1Cc2c([nH]c3ccccc23)[C@@H](c2ccccc2)N1. The minimum Gasteiger partial charge on any atom is -0.465 e. The van der Waals surface area contributed by atoms with E-state index < -0.39 is 0 Å². The average molecular weight is 320 g/mol. The number of hydrogen-bond acceptors (Lipinski definition) is 3. The molecule has 2 aromatic carbocycles. The fourth-order valence-electron chi connectivity index (χ4n) is 3.54. The van der Waals surface area contributed by atoms with Crippen molar-refractivity contribution in [3.63, 3.8) is 0 Å². The standard InChI is InChI=1S/C20H20N2O2/c1-2-24-20(23)17-12-15-14-10-6-7-11-16(14)21-19(15)18(22-17)13-8-4-3-5-9-13/h3-11,17-18,21-22H,2,12H2,1H3/t17-,18+/m0/s1. The van der Waals surface area contributed by atoms with Gasteiger partial charge < -0.3 is 9.72 Å². The number of H-pyrrole nitrogens is 1. The van der Waals surface area contributed by atoms with Gasteiger partial charge in [0.2, 0.25) is 0 Å². The van der Waals surface area contributed by atoms with Crippen molar-refractivity contribution in [2.24, 2.45) is 0 Å². The molecule has 2 N–H and O–H groups in total. The van der Waals surface area contributed by atoms with Crippen LogP contribution in [0.4, 0.5) is 0 Å². The second-order valence-electron chi connectivity index (χ2n) is 6.08. The maximum atomic E-state index is 12.3. The Morgan fingerprint density at radius 3 is 2.67 bits per heavy atom. The summed E-state index contributed by atoms with van der Waals surface area (Å²) >= 11 is 0. The molecule has 3 aromatic rings. The van der Waals surface area contributed by atoms with Crippen LogP contribution < -0.4 is 5.32 Å². The highest BCUT2D eigenvalue weighted by Crippen LogP contribution is 2.35. The van der Waals surface area contributed by atoms with Gasteiger partial charge in [-0.3, -0.25) is 10.1 Å². The van der Waals surface area contributed by atoms with E-state index in [4.69, 9.17) is 4.74 Å². The number of ether oxygens (including phenoxy) is 1. The third-order valence-corrected chi connectivity index (χ3v) is 4.62. The third-order valence-electron chi connectivity index (χ3n) is 4.62. The Balaban J connectivity index is 1.83. The van der Waals surface area contributed by atoms with Crippen molar-refractivity contribution in [2.45, 2.75) is 25.4 Å². The van der Waals surface area contributed by atoms with E-state index in [1.807, 2.05) is 37.3 Å². The van der Waals surface area contributed by atoms with E-state index in [2.05, 4.69) is 34.6 Å². The van der Waals surface area contributed by atoms with Gasteiger partial charge in [0.1, 0.15) is 6.04 Å². The summed E-state index contributed by atoms with van der Waals surface area (Å²) in [6.45, 7) is 2.24. The molecule has 1 aliphatic heterocycles. The van der Waals surface area contributed by atoms with Gasteiger partial charge in [-0.15, -0.1) is 0 Å². The van der Waals surface area contributed by atoms with Gasteiger partial charge in [-0.25, -0.2) is 0 Å². The fourth-order valence-corrected chi connectivity index (χ4v) is 3.54. The molecule has 0 aliphatic carbocycles. The van der Waals surface area contributed by atoms with Gasteiger partial charge >= 0.3 is 5.97 Å². The highest BCUT2D eigenvalue weighted by atomic mass is 16.5. The molecule has 1 aliphatic rings. The summed E-state index contributed by atoms with van der Waals surface area (Å²) < 4.78 is 5.26. The Kier molecular flexibility index (Phi) is 3.82. The van der Waals surface area contributed by atoms with Crippen molar-refractivity contribution < 1.29 is 9.53 Å². The van der Waals surface area contributed by atoms with Gasteiger partial charge in [0.15, 0.2) is 0 Å². The lowest BCUT2D eigenvalue weighted by molar-refractivity contribution is -0.146. The van der Waals surface area contributed by atoms with Gasteiger partial charge in [-0.2, -0.15) is 0 Å². The average Bonchev–Trinajstić information content (AvgIpc) is 3.00. The lowest BCUT2D eigenvalue weighted by Crippen LogP contribution is -2.45. The van der Waals surface area contributed by atoms with Gasteiger partial charge in [-0.1, -0.05) is 48.5 Å². The number of aromatic nitrogens is 1. The largest absolute Gasteiger partial charge is 0.465 e. The summed E-state index contributed by atoms with van der Waals surface area (Å²) in [5.74, 6) is -0.186. The molecule has 2 atom stereocenters. The monoisotopic (exact) mass is 320 g/mol. The maximum Gasteiger partial charge on any atom is 0.323 e. The fraction of sp³-hybridized carbons (Fsp3) is 0.250. The van der Waals surface area contributed by atoms with Gasteiger partial charge in [-0.05, 0) is 24.1 Å². The molecule has 122 valence electrons. The summed E-state index contributed by atoms with van der Waals surface area (Å²) in [6.07, 6.45) is 0.640. The number of nitrogens with one attached hydrogen (secondary N) is 2. The molecule has 4 rings (SSSR count). The number of benzene rings is 2. The Bertz CT molecular complexity index is 870. The smallest absolute Gasteiger partial charge is 0.323 e. The minimum atomic E-state index is -0.332. The second kappa shape index (κ2) is 6.13. The molecule has 2 heterocycles. The summed E-state index contributed by atoms with van der Waals surface area (Å²) in [6, 6.07) is 18.1. The highest BCUT2D eigenvalue weighted by Gasteiger charge is 2.34. The number of rotatable bonds is 3. The van der Waals surface area contributed by atoms with Crippen molar-refractivity contribution in [1.82, 2.24) is 10.3 Å². The van der Waals surface area contributed by atoms with E-state index in [0.29, 0.717) is 13.0 Å². The van der Waals surface area contributed by atoms with E-state index in [-0.39, 0.29) is 18.1 Å². The molecular weight excluding hydrogens is 300 g/mol. The Labute approximate surface area is 140 Å². The van der Waals surface area contributed by atoms with Crippen molar-refractivity contribution in [2.75, 3.05) is 6.61 Å². The first-order valence-corrected chi connectivity index (χ1v) is 8.35. The number of hydrogen-bond donors (Lipinski definition) is 2. The summed E-state index contributed by atoms with van der Waals surface area (Å²) in [5, 5.41) is 4.65. The molecular formula is C20H20N2O2. The van der Waals surface area contributed by atoms with Crippen molar-refractivity contribution >= 4 is 16.9 Å². The predicted molar refractivity (Wildman–Crippen MR) is 93.8 cm³/mol. The molecule has 4 nitrogen and oxygen atoms in total. The zero-order valence-electron chi connectivity index (χ0n) is 13.6. The number of aromatic amines is 1. The summed E-state index contributed by atoms with van der Waals surface area (Å²) in [5.41, 5.74) is 4.59. The van der Waals surface area contributed by atoms with E-state index in [9.17, 15) is 4.79 Å². The number of carbonyl (C=O) groups is 1. The zero-order chi connectivity index (χ0) is 16.5. The van der Waals surface area contributed by atoms with E-state index in [1.54, 1.807) is 0 Å². The van der Waals surface area contributed by atoms with Crippen LogP contribution in [0.3, 0.4) is 0 Å². The Hall–Kier alpha value is -2.59. The number of carbonyl (C=O) groups excluding carboxylic acids is 1. The third kappa shape index (κ3) is 2.49. The molecule has 0 saturated heterocycles. The Morgan fingerprint density at radius 1 is 1.12 bits per heavy atom. The molecule has 0 fully saturated rings. The normalized spacial score (nSPS) is 19.9. The first-order valence-electron chi connectivity index (χ1n) is 8.35. The van der Waals surface area contributed by atoms with Crippen LogP contribution in [0, 0.1) is 0 Å². The first kappa shape index (κ1) is 15.0. The van der Waals surface area contributed by atoms with Gasteiger partial charge in [0, 0.05) is 23.0 Å². The van der Waals surface area contributed by atoms with Crippen LogP contribution in [0.1, 0.15) is 29.8 Å². The van der Waals surface area contributed by atoms with E-state index in [0.717, 1.165) is 16.8 Å². The first-order chi connectivity index (χ1) is 11.8. The van der Waals surface area contributed by atoms with Crippen molar-refractivity contribution in [3.05, 3.63) is 71.4 Å². The molecule has 0 saturated carbocycles. The Morgan fingerprint density at radius 2 is 1.88 bits per heavy atom. The number of para-hydroxylation sites is 1. The quantitative estimate of drug-likeness (QED) is 0.728. The van der Waals surface area contributed by atoms with Crippen LogP contribution in [-0.2, 0) is 16.0 Å². The lowest BCUT2D eigenvalue weighted by Gasteiger charge is -2.30. The summed E-state index contributed by atoms with van der Waals surface area (Å²) in [4.78, 5) is 15.9. The minimum absolute atomic E-state index is 0.0447. The van der Waals surface area contributed by atoms with Crippen LogP contribution >= 0.6 is 0 Å². The van der Waals surface area contributed by atoms with Crippen LogP contribution in [0.25, 0.3) is 10.9 Å². The van der Waals surface area contributed by atoms with Gasteiger partial charge in [0.25, 0.3) is 0 Å². The van der Waals surface area contributed by atoms with Crippen LogP contribution in [-0.4, -0.2) is 23.6 Å². The number of esters is 1. The highest BCUT2D eigenvalue weighted by molar-refractivity contribution is 5.87. The molecule has 0 radical (unpaired) electrons. The predicted octanol–water partition coefficient (Wildman–Crippen LogP) is 3.33. The molecule has 1 aromatic heterocycles. The van der Waals surface area contributed by atoms with Crippen molar-refractivity contribution in [3.8, 4) is 0 Å².